The van der Waals surface area contributed by atoms with Crippen LogP contribution in [-0.4, -0.2) is 42.3 Å². The summed E-state index contributed by atoms with van der Waals surface area (Å²) in [6, 6.07) is 0. The Labute approximate surface area is 127 Å². The van der Waals surface area contributed by atoms with E-state index >= 15 is 0 Å². The zero-order chi connectivity index (χ0) is 15.8. The highest BCUT2D eigenvalue weighted by molar-refractivity contribution is 8.67. The Morgan fingerprint density at radius 3 is 2.40 bits per heavy atom. The van der Waals surface area contributed by atoms with Gasteiger partial charge in [0.25, 0.3) is 5.19 Å². The van der Waals surface area contributed by atoms with E-state index in [1.165, 1.54) is 37.4 Å². The molecular formula is C7H14N3O6PS3. The first-order valence-corrected chi connectivity index (χ1v) is 9.79. The minimum atomic E-state index is -2.35. The predicted octanol–water partition coefficient (Wildman–Crippen LogP) is 1.14. The van der Waals surface area contributed by atoms with Crippen molar-refractivity contribution in [1.29, 1.82) is 0 Å². The molecule has 0 spiro atoms. The van der Waals surface area contributed by atoms with Crippen molar-refractivity contribution in [1.82, 2.24) is 9.78 Å². The third-order valence-corrected chi connectivity index (χ3v) is 7.96. The second-order valence-corrected chi connectivity index (χ2v) is 10.1. The van der Waals surface area contributed by atoms with Crippen LogP contribution in [0.1, 0.15) is 0 Å². The summed E-state index contributed by atoms with van der Waals surface area (Å²) < 4.78 is 16.3. The van der Waals surface area contributed by atoms with Gasteiger partial charge in [0.05, 0.1) is 7.11 Å². The van der Waals surface area contributed by atoms with E-state index in [4.69, 9.17) is 35.5 Å². The number of nitrogens with two attached hydrogens (primary N) is 1. The summed E-state index contributed by atoms with van der Waals surface area (Å²) in [6.07, 6.45) is -1.33. The van der Waals surface area contributed by atoms with Gasteiger partial charge in [-0.05, 0) is 34.5 Å². The molecule has 116 valence electrons. The van der Waals surface area contributed by atoms with Crippen molar-refractivity contribution in [2.24, 2.45) is 5.73 Å². The number of methoxy groups -OCH3 is 1. The van der Waals surface area contributed by atoms with Gasteiger partial charge in [0.15, 0.2) is 0 Å². The minimum Gasteiger partial charge on any atom is -0.472 e. The monoisotopic (exact) mass is 363 g/mol. The maximum Gasteiger partial charge on any atom is 0.402 e. The van der Waals surface area contributed by atoms with Gasteiger partial charge in [-0.3, -0.25) is 4.79 Å². The fraction of sp³-hybridized carbons (Fsp3) is 0.571. The molecule has 0 aromatic carbocycles. The second kappa shape index (κ2) is 9.32. The van der Waals surface area contributed by atoms with Crippen LogP contribution in [0.15, 0.2) is 4.79 Å². The van der Waals surface area contributed by atoms with Crippen LogP contribution in [0.5, 0.6) is 5.19 Å². The van der Waals surface area contributed by atoms with Crippen LogP contribution in [0.25, 0.3) is 0 Å². The van der Waals surface area contributed by atoms with Crippen molar-refractivity contribution < 1.29 is 23.7 Å². The zero-order valence-corrected chi connectivity index (χ0v) is 14.2. The molecule has 0 unspecified atom stereocenters. The molecule has 20 heavy (non-hydrogen) atoms. The Morgan fingerprint density at radius 2 is 2.05 bits per heavy atom. The van der Waals surface area contributed by atoms with Gasteiger partial charge in [0, 0.05) is 14.2 Å². The third kappa shape index (κ3) is 7.22. The van der Waals surface area contributed by atoms with E-state index in [-0.39, 0.29) is 10.7 Å². The maximum absolute atomic E-state index is 11.4. The van der Waals surface area contributed by atoms with Gasteiger partial charge in [-0.1, -0.05) is 0 Å². The maximum atomic E-state index is 11.4. The number of rotatable bonds is 6. The number of carbonyl (C=O) groups is 1. The molecule has 1 amide bonds. The molecule has 1 aromatic rings. The Hall–Kier alpha value is -0.650. The molecule has 0 atom stereocenters. The summed E-state index contributed by atoms with van der Waals surface area (Å²) in [7, 11) is 4.44. The van der Waals surface area contributed by atoms with Gasteiger partial charge < -0.3 is 24.6 Å². The zero-order valence-electron chi connectivity index (χ0n) is 10.8. The topological polar surface area (TPSA) is 126 Å². The molecule has 1 heterocycles. The van der Waals surface area contributed by atoms with E-state index in [0.717, 1.165) is 11.3 Å². The summed E-state index contributed by atoms with van der Waals surface area (Å²) >= 11 is 7.33. The molecular weight excluding hydrogens is 349 g/mol. The van der Waals surface area contributed by atoms with Crippen molar-refractivity contribution in [2.75, 3.05) is 21.3 Å². The molecule has 13 heteroatoms. The van der Waals surface area contributed by atoms with E-state index in [1.54, 1.807) is 0 Å². The largest absolute Gasteiger partial charge is 0.472 e. The lowest BCUT2D eigenvalue weighted by Crippen LogP contribution is -2.12. The van der Waals surface area contributed by atoms with Crippen molar-refractivity contribution in [2.45, 2.75) is 5.88 Å². The molecule has 0 aliphatic carbocycles. The number of hydrogen-bond acceptors (Lipinski definition) is 9. The van der Waals surface area contributed by atoms with Crippen molar-refractivity contribution in [3.8, 4) is 5.19 Å². The Kier molecular flexibility index (Phi) is 9.01. The molecule has 0 aliphatic heterocycles. The minimum absolute atomic E-state index is 0.196. The second-order valence-electron chi connectivity index (χ2n) is 2.75. The average Bonchev–Trinajstić information content (AvgIpc) is 2.76. The number of hydrogen-bond donors (Lipinski definition) is 2. The quantitative estimate of drug-likeness (QED) is 0.715. The molecule has 0 aliphatic rings. The SMILES string of the molecule is COc1nn(CSP(=S)(OC)OC)c(=O)s1.NC(=O)O. The Morgan fingerprint density at radius 1 is 1.55 bits per heavy atom. The summed E-state index contributed by atoms with van der Waals surface area (Å²) in [4.78, 5) is 20.0. The number of amides is 1. The lowest BCUT2D eigenvalue weighted by atomic mass is 11.2. The summed E-state index contributed by atoms with van der Waals surface area (Å²) in [6.45, 7) is 0. The first kappa shape index (κ1) is 19.4. The van der Waals surface area contributed by atoms with Gasteiger partial charge in [-0.15, -0.1) is 5.10 Å². The van der Waals surface area contributed by atoms with Gasteiger partial charge in [0.1, 0.15) is 5.88 Å². The van der Waals surface area contributed by atoms with Crippen LogP contribution in [0, 0.1) is 0 Å². The lowest BCUT2D eigenvalue weighted by Gasteiger charge is -2.15. The molecule has 3 N–H and O–H groups in total. The first-order chi connectivity index (χ1) is 9.27. The summed E-state index contributed by atoms with van der Waals surface area (Å²) in [5.41, 5.74) is 1.68. The van der Waals surface area contributed by atoms with Gasteiger partial charge >= 0.3 is 11.0 Å². The third-order valence-electron chi connectivity index (χ3n) is 1.55. The summed E-state index contributed by atoms with van der Waals surface area (Å²) in [5, 5.41) is 11.5. The van der Waals surface area contributed by atoms with E-state index in [9.17, 15) is 4.79 Å². The van der Waals surface area contributed by atoms with Crippen LogP contribution in [0.2, 0.25) is 0 Å². The molecule has 0 saturated heterocycles. The number of nitrogens with zero attached hydrogens (tertiary/aromatic N) is 2. The van der Waals surface area contributed by atoms with Crippen molar-refractivity contribution in [3.63, 3.8) is 0 Å². The van der Waals surface area contributed by atoms with Crippen molar-refractivity contribution in [3.05, 3.63) is 9.67 Å². The van der Waals surface area contributed by atoms with E-state index in [0.29, 0.717) is 5.19 Å². The highest BCUT2D eigenvalue weighted by atomic mass is 32.9. The van der Waals surface area contributed by atoms with Crippen LogP contribution in [0.3, 0.4) is 0 Å². The van der Waals surface area contributed by atoms with Crippen molar-refractivity contribution >= 4 is 46.3 Å². The fourth-order valence-corrected chi connectivity index (χ4v) is 4.02. The van der Waals surface area contributed by atoms with E-state index < -0.39 is 11.8 Å². The average molecular weight is 363 g/mol. The van der Waals surface area contributed by atoms with Gasteiger partial charge in [-0.25, -0.2) is 9.48 Å². The molecule has 1 aromatic heterocycles. The van der Waals surface area contributed by atoms with Gasteiger partial charge in [0.2, 0.25) is 5.69 Å². The standard InChI is InChI=1S/C6H11N2O4PS3.CH3NO2/c1-10-5-7-8(6(9)16-5)4-15-13(14,11-2)12-3;2-1(3)4/h4H2,1-3H3;2H2,(H,3,4). The molecule has 0 radical (unpaired) electrons. The van der Waals surface area contributed by atoms with Crippen LogP contribution >= 0.6 is 28.4 Å². The normalized spacial score (nSPS) is 10.6. The van der Waals surface area contributed by atoms with Crippen LogP contribution < -0.4 is 15.3 Å². The summed E-state index contributed by atoms with van der Waals surface area (Å²) in [5.74, 6) is 0.289. The fourth-order valence-electron chi connectivity index (χ4n) is 0.757. The Balaban J connectivity index is 0.000000796. The predicted molar refractivity (Wildman–Crippen MR) is 81.0 cm³/mol. The number of primary amides is 1. The van der Waals surface area contributed by atoms with Crippen LogP contribution in [0.4, 0.5) is 4.79 Å². The molecule has 1 rings (SSSR count). The molecule has 0 bridgehead atoms. The van der Waals surface area contributed by atoms with Crippen LogP contribution in [-0.2, 0) is 26.7 Å². The van der Waals surface area contributed by atoms with E-state index in [1.807, 2.05) is 0 Å². The van der Waals surface area contributed by atoms with E-state index in [2.05, 4.69) is 10.8 Å². The highest BCUT2D eigenvalue weighted by Gasteiger charge is 2.17. The molecule has 0 fully saturated rings. The molecule has 9 nitrogen and oxygen atoms in total. The molecule has 0 saturated carbocycles. The lowest BCUT2D eigenvalue weighted by molar-refractivity contribution is 0.205. The number of ether oxygens (including phenoxy) is 1. The first-order valence-electron chi connectivity index (χ1n) is 4.74. The Bertz CT molecular complexity index is 520. The van der Waals surface area contributed by atoms with Gasteiger partial charge in [-0.2, -0.15) is 0 Å². The number of aromatic nitrogens is 2. The smallest absolute Gasteiger partial charge is 0.402 e. The highest BCUT2D eigenvalue weighted by Crippen LogP contribution is 2.60. The number of carboxylic acid groups (broad SMARTS) is 1.